The number of hydrogen-bond donors (Lipinski definition) is 0. The number of rotatable bonds is 1. The highest BCUT2D eigenvalue weighted by atomic mass is 14.9. The summed E-state index contributed by atoms with van der Waals surface area (Å²) in [6.07, 6.45) is 5.38. The minimum absolute atomic E-state index is 0.361. The van der Waals surface area contributed by atoms with Crippen molar-refractivity contribution < 1.29 is 0 Å². The van der Waals surface area contributed by atoms with Gasteiger partial charge in [-0.15, -0.1) is 0 Å². The van der Waals surface area contributed by atoms with Crippen LogP contribution < -0.4 is 5.32 Å². The van der Waals surface area contributed by atoms with Crippen molar-refractivity contribution in [3.63, 3.8) is 0 Å². The summed E-state index contributed by atoms with van der Waals surface area (Å²) in [5.41, 5.74) is 0.361. The van der Waals surface area contributed by atoms with Crippen LogP contribution in [0.15, 0.2) is 0 Å². The number of nitrogens with zero attached hydrogens (tertiary/aromatic N) is 1. The monoisotopic (exact) mass is 112 g/mol. The molecule has 1 aliphatic carbocycles. The Balaban J connectivity index is 2.40. The number of hydrogen-bond acceptors (Lipinski definition) is 0. The molecule has 0 unspecified atom stereocenters. The van der Waals surface area contributed by atoms with Crippen LogP contribution in [0.2, 0.25) is 0 Å². The van der Waals surface area contributed by atoms with Crippen molar-refractivity contribution in [1.82, 2.24) is 5.32 Å². The molecule has 1 radical (unpaired) electrons. The predicted octanol–water partition coefficient (Wildman–Crippen LogP) is 1.55. The topological polar surface area (TPSA) is 14.1 Å². The first-order valence-corrected chi connectivity index (χ1v) is 3.38. The lowest BCUT2D eigenvalue weighted by molar-refractivity contribution is 0.389. The molecule has 0 N–H and O–H groups in total. The summed E-state index contributed by atoms with van der Waals surface area (Å²) >= 11 is 0. The summed E-state index contributed by atoms with van der Waals surface area (Å²) < 4.78 is 0. The minimum Gasteiger partial charge on any atom is -0.239 e. The van der Waals surface area contributed by atoms with Crippen LogP contribution in [0.4, 0.5) is 0 Å². The molecule has 1 heteroatoms. The first-order chi connectivity index (χ1) is 3.77. The second-order valence-electron chi connectivity index (χ2n) is 2.93. The van der Waals surface area contributed by atoms with Gasteiger partial charge in [-0.05, 0) is 19.8 Å². The minimum atomic E-state index is 0.361. The van der Waals surface area contributed by atoms with Gasteiger partial charge in [0.15, 0.2) is 0 Å². The lowest BCUT2D eigenvalue weighted by atomic mass is 10.0. The Morgan fingerprint density at radius 1 is 1.25 bits per heavy atom. The maximum absolute atomic E-state index is 4.32. The summed E-state index contributed by atoms with van der Waals surface area (Å²) in [6.45, 7) is 2.25. The normalized spacial score (nSPS) is 26.2. The van der Waals surface area contributed by atoms with E-state index in [4.69, 9.17) is 0 Å². The van der Waals surface area contributed by atoms with Crippen LogP contribution >= 0.6 is 0 Å². The molecule has 1 nitrogen and oxygen atoms in total. The first kappa shape index (κ1) is 6.09. The SMILES string of the molecule is C[N]C1(C)CCCC1. The molecular weight excluding hydrogens is 98.1 g/mol. The average molecular weight is 112 g/mol. The van der Waals surface area contributed by atoms with Crippen molar-refractivity contribution >= 4 is 0 Å². The molecule has 8 heavy (non-hydrogen) atoms. The van der Waals surface area contributed by atoms with Gasteiger partial charge in [-0.25, -0.2) is 5.32 Å². The molecule has 1 rings (SSSR count). The lowest BCUT2D eigenvalue weighted by Gasteiger charge is -2.19. The van der Waals surface area contributed by atoms with E-state index in [0.717, 1.165) is 0 Å². The van der Waals surface area contributed by atoms with Crippen molar-refractivity contribution in [3.05, 3.63) is 0 Å². The summed E-state index contributed by atoms with van der Waals surface area (Å²) in [5.74, 6) is 0. The first-order valence-electron chi connectivity index (χ1n) is 3.38. The molecule has 0 saturated heterocycles. The fraction of sp³-hybridized carbons (Fsp3) is 1.00. The van der Waals surface area contributed by atoms with E-state index in [1.807, 2.05) is 7.05 Å². The van der Waals surface area contributed by atoms with Gasteiger partial charge >= 0.3 is 0 Å². The van der Waals surface area contributed by atoms with Crippen molar-refractivity contribution in [1.29, 1.82) is 0 Å². The Labute approximate surface area is 51.5 Å². The third kappa shape index (κ3) is 1.03. The average Bonchev–Trinajstić information content (AvgIpc) is 2.17. The molecule has 0 bridgehead atoms. The Bertz CT molecular complexity index is 72.5. The Morgan fingerprint density at radius 2 is 1.75 bits per heavy atom. The molecule has 0 amide bonds. The van der Waals surface area contributed by atoms with Crippen LogP contribution in [0.25, 0.3) is 0 Å². The van der Waals surface area contributed by atoms with Gasteiger partial charge < -0.3 is 0 Å². The Hall–Kier alpha value is -0.0400. The Morgan fingerprint density at radius 3 is 2.00 bits per heavy atom. The van der Waals surface area contributed by atoms with Crippen LogP contribution in [0.3, 0.4) is 0 Å². The van der Waals surface area contributed by atoms with Gasteiger partial charge in [0.05, 0.1) is 0 Å². The largest absolute Gasteiger partial charge is 0.239 e. The lowest BCUT2D eigenvalue weighted by Crippen LogP contribution is -2.29. The van der Waals surface area contributed by atoms with Crippen LogP contribution in [-0.2, 0) is 0 Å². The molecule has 0 aromatic heterocycles. The molecule has 1 saturated carbocycles. The Kier molecular flexibility index (Phi) is 1.57. The highest BCUT2D eigenvalue weighted by Gasteiger charge is 2.26. The van der Waals surface area contributed by atoms with Crippen LogP contribution in [-0.4, -0.2) is 12.6 Å². The van der Waals surface area contributed by atoms with Gasteiger partial charge in [0, 0.05) is 12.6 Å². The van der Waals surface area contributed by atoms with Crippen molar-refractivity contribution in [2.45, 2.75) is 38.1 Å². The van der Waals surface area contributed by atoms with Gasteiger partial charge in [0.25, 0.3) is 0 Å². The van der Waals surface area contributed by atoms with E-state index in [1.54, 1.807) is 0 Å². The van der Waals surface area contributed by atoms with Crippen molar-refractivity contribution in [2.24, 2.45) is 0 Å². The van der Waals surface area contributed by atoms with E-state index in [9.17, 15) is 0 Å². The summed E-state index contributed by atoms with van der Waals surface area (Å²) in [4.78, 5) is 0. The fourth-order valence-electron chi connectivity index (χ4n) is 1.36. The molecule has 47 valence electrons. The summed E-state index contributed by atoms with van der Waals surface area (Å²) in [7, 11) is 1.94. The second kappa shape index (κ2) is 2.06. The predicted molar refractivity (Wildman–Crippen MR) is 34.9 cm³/mol. The molecule has 0 atom stereocenters. The van der Waals surface area contributed by atoms with Gasteiger partial charge in [-0.2, -0.15) is 0 Å². The maximum Gasteiger partial charge on any atom is 0.0325 e. The van der Waals surface area contributed by atoms with E-state index in [-0.39, 0.29) is 0 Å². The van der Waals surface area contributed by atoms with E-state index in [0.29, 0.717) is 5.54 Å². The zero-order valence-corrected chi connectivity index (χ0v) is 5.78. The van der Waals surface area contributed by atoms with E-state index >= 15 is 0 Å². The molecule has 1 aliphatic rings. The third-order valence-electron chi connectivity index (χ3n) is 2.22. The summed E-state index contributed by atoms with van der Waals surface area (Å²) in [5, 5.41) is 4.32. The second-order valence-corrected chi connectivity index (χ2v) is 2.93. The van der Waals surface area contributed by atoms with Crippen molar-refractivity contribution in [3.8, 4) is 0 Å². The van der Waals surface area contributed by atoms with E-state index in [2.05, 4.69) is 12.2 Å². The molecule has 0 spiro atoms. The highest BCUT2D eigenvalue weighted by Crippen LogP contribution is 2.28. The van der Waals surface area contributed by atoms with Gasteiger partial charge in [-0.3, -0.25) is 0 Å². The molecule has 0 aromatic carbocycles. The zero-order valence-electron chi connectivity index (χ0n) is 5.78. The summed E-state index contributed by atoms with van der Waals surface area (Å²) in [6, 6.07) is 0. The van der Waals surface area contributed by atoms with Gasteiger partial charge in [-0.1, -0.05) is 12.8 Å². The maximum atomic E-state index is 4.32. The molecule has 0 aliphatic heterocycles. The van der Waals surface area contributed by atoms with Crippen LogP contribution in [0, 0.1) is 0 Å². The van der Waals surface area contributed by atoms with Gasteiger partial charge in [0.1, 0.15) is 0 Å². The highest BCUT2D eigenvalue weighted by molar-refractivity contribution is 4.85. The molecular formula is C7H14N. The van der Waals surface area contributed by atoms with E-state index in [1.165, 1.54) is 25.7 Å². The molecule has 0 aromatic rings. The molecule has 1 fully saturated rings. The smallest absolute Gasteiger partial charge is 0.0325 e. The van der Waals surface area contributed by atoms with Crippen LogP contribution in [0.5, 0.6) is 0 Å². The quantitative estimate of drug-likeness (QED) is 0.488. The van der Waals surface area contributed by atoms with Crippen LogP contribution in [0.1, 0.15) is 32.6 Å². The zero-order chi connectivity index (χ0) is 6.04. The standard InChI is InChI=1S/C7H14N/c1-7(8-2)5-3-4-6-7/h3-6H2,1-2H3. The van der Waals surface area contributed by atoms with E-state index < -0.39 is 0 Å². The fourth-order valence-corrected chi connectivity index (χ4v) is 1.36. The van der Waals surface area contributed by atoms with Crippen molar-refractivity contribution in [2.75, 3.05) is 7.05 Å². The van der Waals surface area contributed by atoms with Gasteiger partial charge in [0.2, 0.25) is 0 Å². The molecule has 0 heterocycles. The third-order valence-corrected chi connectivity index (χ3v) is 2.22.